The molecule has 0 N–H and O–H groups in total. The molecule has 1 heterocycles. The van der Waals surface area contributed by atoms with Crippen LogP contribution in [-0.4, -0.2) is 15.7 Å². The fourth-order valence-corrected chi connectivity index (χ4v) is 2.55. The Bertz CT molecular complexity index is 305. The van der Waals surface area contributed by atoms with Gasteiger partial charge in [0, 0.05) is 12.1 Å². The highest BCUT2D eigenvalue weighted by Crippen LogP contribution is 2.18. The number of rotatable bonds is 8. The number of halogens is 1. The third kappa shape index (κ3) is 4.34. The molecule has 0 saturated carbocycles. The Kier molecular flexibility index (Phi) is 6.64. The Labute approximate surface area is 110 Å². The molecule has 3 heteroatoms. The Morgan fingerprint density at radius 2 is 2.00 bits per heavy atom. The third-order valence-corrected chi connectivity index (χ3v) is 3.83. The minimum Gasteiger partial charge on any atom is -0.269 e. The van der Waals surface area contributed by atoms with Crippen LogP contribution in [0.25, 0.3) is 0 Å². The zero-order chi connectivity index (χ0) is 12.7. The zero-order valence-corrected chi connectivity index (χ0v) is 12.1. The van der Waals surface area contributed by atoms with E-state index in [4.69, 9.17) is 11.6 Å². The fraction of sp³-hybridized carbons (Fsp3) is 0.786. The first kappa shape index (κ1) is 14.6. The minimum atomic E-state index is 0.546. The molecule has 0 aliphatic rings. The van der Waals surface area contributed by atoms with Gasteiger partial charge >= 0.3 is 0 Å². The second kappa shape index (κ2) is 7.75. The van der Waals surface area contributed by atoms with Crippen molar-refractivity contribution >= 4 is 11.6 Å². The van der Waals surface area contributed by atoms with Gasteiger partial charge in [-0.15, -0.1) is 11.6 Å². The lowest BCUT2D eigenvalue weighted by Crippen LogP contribution is -2.10. The van der Waals surface area contributed by atoms with Crippen molar-refractivity contribution < 1.29 is 0 Å². The summed E-state index contributed by atoms with van der Waals surface area (Å²) in [7, 11) is 0. The maximum Gasteiger partial charge on any atom is 0.0627 e. The molecule has 1 atom stereocenters. The van der Waals surface area contributed by atoms with Crippen molar-refractivity contribution in [2.24, 2.45) is 5.92 Å². The topological polar surface area (TPSA) is 17.8 Å². The van der Waals surface area contributed by atoms with Gasteiger partial charge < -0.3 is 0 Å². The first-order valence-corrected chi connectivity index (χ1v) is 7.38. The van der Waals surface area contributed by atoms with Crippen LogP contribution in [0.1, 0.15) is 58.2 Å². The van der Waals surface area contributed by atoms with Crippen LogP contribution in [0, 0.1) is 5.92 Å². The van der Waals surface area contributed by atoms with Crippen molar-refractivity contribution in [3.05, 3.63) is 18.0 Å². The highest BCUT2D eigenvalue weighted by molar-refractivity contribution is 6.18. The van der Waals surface area contributed by atoms with E-state index in [0.29, 0.717) is 12.0 Å². The molecule has 0 fully saturated rings. The van der Waals surface area contributed by atoms with Crippen LogP contribution in [0.3, 0.4) is 0 Å². The van der Waals surface area contributed by atoms with Gasteiger partial charge in [-0.1, -0.05) is 27.2 Å². The molecule has 0 aromatic carbocycles. The molecule has 0 aliphatic heterocycles. The van der Waals surface area contributed by atoms with Crippen molar-refractivity contribution in [3.8, 4) is 0 Å². The first-order chi connectivity index (χ1) is 8.24. The molecular formula is C14H25ClN2. The quantitative estimate of drug-likeness (QED) is 0.629. The molecule has 2 nitrogen and oxygen atoms in total. The molecular weight excluding hydrogens is 232 g/mol. The molecule has 17 heavy (non-hydrogen) atoms. The Balaban J connectivity index is 2.60. The SMILES string of the molecule is CCCC(CCl)Cc1ccn(C(CC)CC)n1. The second-order valence-electron chi connectivity index (χ2n) is 4.77. The predicted molar refractivity (Wildman–Crippen MR) is 74.7 cm³/mol. The summed E-state index contributed by atoms with van der Waals surface area (Å²) in [5.41, 5.74) is 1.19. The lowest BCUT2D eigenvalue weighted by Gasteiger charge is -2.13. The van der Waals surface area contributed by atoms with E-state index in [9.17, 15) is 0 Å². The Morgan fingerprint density at radius 1 is 1.29 bits per heavy atom. The first-order valence-electron chi connectivity index (χ1n) is 6.85. The molecule has 1 unspecified atom stereocenters. The normalized spacial score (nSPS) is 13.2. The van der Waals surface area contributed by atoms with Crippen molar-refractivity contribution in [3.63, 3.8) is 0 Å². The molecule has 0 spiro atoms. The van der Waals surface area contributed by atoms with Crippen LogP contribution in [0.4, 0.5) is 0 Å². The number of alkyl halides is 1. The van der Waals surface area contributed by atoms with Crippen molar-refractivity contribution in [2.75, 3.05) is 5.88 Å². The molecule has 98 valence electrons. The molecule has 1 aromatic heterocycles. The van der Waals surface area contributed by atoms with E-state index < -0.39 is 0 Å². The Hall–Kier alpha value is -0.500. The standard InChI is InChI=1S/C14H25ClN2/c1-4-7-12(11-15)10-13-8-9-17(16-13)14(5-2)6-3/h8-9,12,14H,4-7,10-11H2,1-3H3. The maximum atomic E-state index is 5.99. The van der Waals surface area contributed by atoms with E-state index in [0.717, 1.165) is 25.1 Å². The third-order valence-electron chi connectivity index (χ3n) is 3.39. The molecule has 0 aliphatic carbocycles. The molecule has 0 saturated heterocycles. The molecule has 0 radical (unpaired) electrons. The van der Waals surface area contributed by atoms with Gasteiger partial charge in [0.25, 0.3) is 0 Å². The van der Waals surface area contributed by atoms with E-state index in [1.54, 1.807) is 0 Å². The van der Waals surface area contributed by atoms with Crippen molar-refractivity contribution in [1.82, 2.24) is 9.78 Å². The van der Waals surface area contributed by atoms with Crippen molar-refractivity contribution in [2.45, 2.75) is 58.9 Å². The van der Waals surface area contributed by atoms with E-state index in [2.05, 4.69) is 42.8 Å². The monoisotopic (exact) mass is 256 g/mol. The fourth-order valence-electron chi connectivity index (χ4n) is 2.29. The van der Waals surface area contributed by atoms with Gasteiger partial charge in [-0.2, -0.15) is 5.10 Å². The van der Waals surface area contributed by atoms with E-state index >= 15 is 0 Å². The number of hydrogen-bond donors (Lipinski definition) is 0. The van der Waals surface area contributed by atoms with Crippen LogP contribution < -0.4 is 0 Å². The largest absolute Gasteiger partial charge is 0.269 e. The van der Waals surface area contributed by atoms with Gasteiger partial charge in [0.15, 0.2) is 0 Å². The summed E-state index contributed by atoms with van der Waals surface area (Å²) >= 11 is 5.99. The summed E-state index contributed by atoms with van der Waals surface area (Å²) < 4.78 is 2.12. The van der Waals surface area contributed by atoms with E-state index in [1.165, 1.54) is 18.5 Å². The lowest BCUT2D eigenvalue weighted by molar-refractivity contribution is 0.421. The molecule has 1 rings (SSSR count). The highest BCUT2D eigenvalue weighted by atomic mass is 35.5. The van der Waals surface area contributed by atoms with Crippen LogP contribution in [-0.2, 0) is 6.42 Å². The second-order valence-corrected chi connectivity index (χ2v) is 5.08. The summed E-state index contributed by atoms with van der Waals surface area (Å²) in [5.74, 6) is 1.32. The molecule has 0 amide bonds. The predicted octanol–water partition coefficient (Wildman–Crippen LogP) is 4.44. The average Bonchev–Trinajstić information content (AvgIpc) is 2.79. The zero-order valence-electron chi connectivity index (χ0n) is 11.3. The number of nitrogens with zero attached hydrogens (tertiary/aromatic N) is 2. The summed E-state index contributed by atoms with van der Waals surface area (Å²) in [5, 5.41) is 4.68. The van der Waals surface area contributed by atoms with Crippen LogP contribution in [0.5, 0.6) is 0 Å². The summed E-state index contributed by atoms with van der Waals surface area (Å²) in [6.45, 7) is 6.64. The number of aromatic nitrogens is 2. The average molecular weight is 257 g/mol. The van der Waals surface area contributed by atoms with Gasteiger partial charge in [0.2, 0.25) is 0 Å². The minimum absolute atomic E-state index is 0.546. The van der Waals surface area contributed by atoms with Crippen LogP contribution in [0.2, 0.25) is 0 Å². The van der Waals surface area contributed by atoms with Gasteiger partial charge in [-0.05, 0) is 37.7 Å². The smallest absolute Gasteiger partial charge is 0.0627 e. The van der Waals surface area contributed by atoms with E-state index in [-0.39, 0.29) is 0 Å². The summed E-state index contributed by atoms with van der Waals surface area (Å²) in [4.78, 5) is 0. The van der Waals surface area contributed by atoms with Gasteiger partial charge in [-0.3, -0.25) is 4.68 Å². The van der Waals surface area contributed by atoms with Gasteiger partial charge in [-0.25, -0.2) is 0 Å². The maximum absolute atomic E-state index is 5.99. The van der Waals surface area contributed by atoms with Crippen LogP contribution in [0.15, 0.2) is 12.3 Å². The van der Waals surface area contributed by atoms with Crippen LogP contribution >= 0.6 is 11.6 Å². The van der Waals surface area contributed by atoms with Gasteiger partial charge in [0.05, 0.1) is 11.7 Å². The molecule has 0 bridgehead atoms. The van der Waals surface area contributed by atoms with E-state index in [1.807, 2.05) is 0 Å². The van der Waals surface area contributed by atoms with Gasteiger partial charge in [0.1, 0.15) is 0 Å². The van der Waals surface area contributed by atoms with Crippen molar-refractivity contribution in [1.29, 1.82) is 0 Å². The summed E-state index contributed by atoms with van der Waals surface area (Å²) in [6.07, 6.45) is 7.82. The number of hydrogen-bond acceptors (Lipinski definition) is 1. The summed E-state index contributed by atoms with van der Waals surface area (Å²) in [6, 6.07) is 2.69. The highest BCUT2D eigenvalue weighted by Gasteiger charge is 2.12. The molecule has 1 aromatic rings. The lowest BCUT2D eigenvalue weighted by atomic mass is 10.0. The Morgan fingerprint density at radius 3 is 2.53 bits per heavy atom.